The molecule has 1 fully saturated rings. The fraction of sp³-hybridized carbons (Fsp3) is 0.400. The number of aromatic nitrogens is 2. The molecule has 1 N–H and O–H groups in total. The second-order valence-corrected chi connectivity index (χ2v) is 7.04. The molecule has 0 aliphatic carbocycles. The van der Waals surface area contributed by atoms with Crippen molar-refractivity contribution < 1.29 is 23.8 Å². The van der Waals surface area contributed by atoms with Gasteiger partial charge in [-0.2, -0.15) is 0 Å². The van der Waals surface area contributed by atoms with Gasteiger partial charge in [0.05, 0.1) is 14.2 Å². The predicted octanol–water partition coefficient (Wildman–Crippen LogP) is 1.01. The molecule has 2 atom stereocenters. The molecule has 0 radical (unpaired) electrons. The van der Waals surface area contributed by atoms with Crippen LogP contribution in [0.2, 0.25) is 0 Å². The average Bonchev–Trinajstić information content (AvgIpc) is 3.05. The summed E-state index contributed by atoms with van der Waals surface area (Å²) in [4.78, 5) is 52.3. The molecule has 0 unspecified atom stereocenters. The van der Waals surface area contributed by atoms with Crippen LogP contribution in [0, 0.1) is 12.3 Å². The Hall–Kier alpha value is -3.20. The number of aryl methyl sites for hydroxylation is 1. The van der Waals surface area contributed by atoms with Crippen LogP contribution in [-0.4, -0.2) is 35.7 Å². The molecule has 2 aromatic rings. The number of nitrogens with zero attached hydrogens (tertiary/aromatic N) is 1. The lowest BCUT2D eigenvalue weighted by Gasteiger charge is -2.37. The number of rotatable bonds is 4. The van der Waals surface area contributed by atoms with Gasteiger partial charge in [0.2, 0.25) is 5.41 Å². The van der Waals surface area contributed by atoms with Crippen molar-refractivity contribution in [3.05, 3.63) is 68.5 Å². The van der Waals surface area contributed by atoms with E-state index in [1.165, 1.54) is 27.3 Å². The fourth-order valence-electron chi connectivity index (χ4n) is 3.88. The molecule has 1 saturated heterocycles. The number of aromatic amines is 1. The van der Waals surface area contributed by atoms with Crippen LogP contribution in [0.25, 0.3) is 0 Å². The Kier molecular flexibility index (Phi) is 5.18. The molecule has 1 aromatic heterocycles. The third-order valence-electron chi connectivity index (χ3n) is 5.52. The number of hydrogen-bond acceptors (Lipinski definition) is 7. The van der Waals surface area contributed by atoms with E-state index in [0.717, 1.165) is 4.57 Å². The van der Waals surface area contributed by atoms with Gasteiger partial charge >= 0.3 is 17.6 Å². The second kappa shape index (κ2) is 7.32. The van der Waals surface area contributed by atoms with Gasteiger partial charge in [-0.3, -0.25) is 23.9 Å². The second-order valence-electron chi connectivity index (χ2n) is 7.04. The van der Waals surface area contributed by atoms with Crippen molar-refractivity contribution in [3.8, 4) is 0 Å². The van der Waals surface area contributed by atoms with Crippen LogP contribution >= 0.6 is 0 Å². The first-order chi connectivity index (χ1) is 13.7. The summed E-state index contributed by atoms with van der Waals surface area (Å²) in [5.74, 6) is -1.68. The Morgan fingerprint density at radius 1 is 1.14 bits per heavy atom. The highest BCUT2D eigenvalue weighted by Crippen LogP contribution is 2.57. The maximum atomic E-state index is 13.0. The highest BCUT2D eigenvalue weighted by Gasteiger charge is 2.69. The number of H-pyrrole nitrogens is 1. The van der Waals surface area contributed by atoms with Crippen molar-refractivity contribution in [3.63, 3.8) is 0 Å². The Morgan fingerprint density at radius 2 is 1.72 bits per heavy atom. The van der Waals surface area contributed by atoms with E-state index in [0.29, 0.717) is 5.56 Å². The summed E-state index contributed by atoms with van der Waals surface area (Å²) in [5.41, 5.74) is -3.79. The third kappa shape index (κ3) is 2.98. The first kappa shape index (κ1) is 20.5. The van der Waals surface area contributed by atoms with Crippen LogP contribution in [0.15, 0.2) is 46.1 Å². The summed E-state index contributed by atoms with van der Waals surface area (Å²) < 4.78 is 17.3. The minimum Gasteiger partial charge on any atom is -0.468 e. The zero-order valence-corrected chi connectivity index (χ0v) is 16.6. The number of benzene rings is 1. The van der Waals surface area contributed by atoms with Crippen molar-refractivity contribution in [1.82, 2.24) is 9.55 Å². The maximum absolute atomic E-state index is 13.0. The molecule has 29 heavy (non-hydrogen) atoms. The van der Waals surface area contributed by atoms with Gasteiger partial charge in [-0.1, -0.05) is 30.3 Å². The van der Waals surface area contributed by atoms with Gasteiger partial charge < -0.3 is 14.2 Å². The number of esters is 2. The van der Waals surface area contributed by atoms with E-state index in [1.807, 2.05) is 0 Å². The number of carbonyl (C=O) groups excluding carboxylic acids is 2. The molecule has 1 aromatic carbocycles. The molecular weight excluding hydrogens is 380 g/mol. The molecule has 0 amide bonds. The fourth-order valence-corrected chi connectivity index (χ4v) is 3.88. The van der Waals surface area contributed by atoms with Crippen LogP contribution in [0.1, 0.15) is 30.7 Å². The van der Waals surface area contributed by atoms with Gasteiger partial charge in [0.1, 0.15) is 11.8 Å². The van der Waals surface area contributed by atoms with Gasteiger partial charge in [0.25, 0.3) is 5.56 Å². The van der Waals surface area contributed by atoms with E-state index in [9.17, 15) is 19.2 Å². The summed E-state index contributed by atoms with van der Waals surface area (Å²) in [6.45, 7) is 3.12. The van der Waals surface area contributed by atoms with Gasteiger partial charge in [0.15, 0.2) is 0 Å². The van der Waals surface area contributed by atoms with E-state index in [1.54, 1.807) is 37.3 Å². The Balaban J connectivity index is 2.26. The van der Waals surface area contributed by atoms with Gasteiger partial charge in [0, 0.05) is 18.2 Å². The number of ether oxygens (including phenoxy) is 3. The molecule has 9 nitrogen and oxygen atoms in total. The van der Waals surface area contributed by atoms with Gasteiger partial charge in [-0.25, -0.2) is 4.79 Å². The van der Waals surface area contributed by atoms with Crippen molar-refractivity contribution in [2.75, 3.05) is 14.2 Å². The first-order valence-electron chi connectivity index (χ1n) is 8.93. The Morgan fingerprint density at radius 3 is 2.28 bits per heavy atom. The summed E-state index contributed by atoms with van der Waals surface area (Å²) >= 11 is 0. The lowest BCUT2D eigenvalue weighted by atomic mass is 9.68. The first-order valence-corrected chi connectivity index (χ1v) is 8.93. The number of carbonyl (C=O) groups is 2. The van der Waals surface area contributed by atoms with Crippen LogP contribution < -0.4 is 11.2 Å². The lowest BCUT2D eigenvalue weighted by Crippen LogP contribution is -2.52. The number of methoxy groups -OCH3 is 2. The highest BCUT2D eigenvalue weighted by molar-refractivity contribution is 6.02. The molecule has 0 saturated carbocycles. The van der Waals surface area contributed by atoms with E-state index in [2.05, 4.69) is 4.98 Å². The minimum atomic E-state index is -1.87. The highest BCUT2D eigenvalue weighted by atomic mass is 16.6. The predicted molar refractivity (Wildman–Crippen MR) is 101 cm³/mol. The summed E-state index contributed by atoms with van der Waals surface area (Å²) in [7, 11) is 2.34. The van der Waals surface area contributed by atoms with Crippen molar-refractivity contribution >= 4 is 11.9 Å². The van der Waals surface area contributed by atoms with Crippen molar-refractivity contribution in [2.45, 2.75) is 32.1 Å². The quantitative estimate of drug-likeness (QED) is 0.599. The van der Waals surface area contributed by atoms with Gasteiger partial charge in [-0.05, 0) is 19.4 Å². The molecule has 154 valence electrons. The molecule has 0 spiro atoms. The van der Waals surface area contributed by atoms with Crippen molar-refractivity contribution in [1.29, 1.82) is 0 Å². The molecule has 3 rings (SSSR count). The van der Waals surface area contributed by atoms with Gasteiger partial charge in [-0.15, -0.1) is 0 Å². The van der Waals surface area contributed by atoms with Crippen LogP contribution in [0.4, 0.5) is 0 Å². The van der Waals surface area contributed by atoms with Crippen LogP contribution in [0.3, 0.4) is 0 Å². The standard InChI is InChI=1S/C20H22N2O7/c1-12-11-22(18(26)21-15(12)23)14-10-20(16(24)27-3,17(25)28-4)19(2,29-14)13-8-6-5-7-9-13/h5-9,11,14H,10H2,1-4H3,(H,21,23,26)/t14-,19-/m1/s1. The summed E-state index contributed by atoms with van der Waals surface area (Å²) in [6.07, 6.45) is 0.0897. The normalized spacial score (nSPS) is 22.8. The van der Waals surface area contributed by atoms with E-state index >= 15 is 0 Å². The Bertz CT molecular complexity index is 1040. The lowest BCUT2D eigenvalue weighted by molar-refractivity contribution is -0.185. The number of hydrogen-bond donors (Lipinski definition) is 1. The molecule has 9 heteroatoms. The maximum Gasteiger partial charge on any atom is 0.330 e. The smallest absolute Gasteiger partial charge is 0.330 e. The molecule has 1 aliphatic heterocycles. The summed E-state index contributed by atoms with van der Waals surface area (Å²) in [6, 6.07) is 8.70. The monoisotopic (exact) mass is 402 g/mol. The largest absolute Gasteiger partial charge is 0.468 e. The topological polar surface area (TPSA) is 117 Å². The Labute approximate surface area is 166 Å². The zero-order chi connectivity index (χ0) is 21.4. The molecule has 0 bridgehead atoms. The zero-order valence-electron chi connectivity index (χ0n) is 16.6. The SMILES string of the molecule is COC(=O)C1(C(=O)OC)C[C@H](n2cc(C)c(=O)[nH]c2=O)O[C@]1(C)c1ccccc1. The number of nitrogens with one attached hydrogen (secondary N) is 1. The van der Waals surface area contributed by atoms with E-state index in [4.69, 9.17) is 14.2 Å². The average molecular weight is 402 g/mol. The minimum absolute atomic E-state index is 0.219. The van der Waals surface area contributed by atoms with Crippen molar-refractivity contribution in [2.24, 2.45) is 5.41 Å². The molecule has 2 heterocycles. The van der Waals surface area contributed by atoms with E-state index in [-0.39, 0.29) is 12.0 Å². The van der Waals surface area contributed by atoms with E-state index < -0.39 is 40.4 Å². The molecule has 1 aliphatic rings. The summed E-state index contributed by atoms with van der Waals surface area (Å²) in [5, 5.41) is 0. The third-order valence-corrected chi connectivity index (χ3v) is 5.52. The molecular formula is C20H22N2O7. The van der Waals surface area contributed by atoms with Crippen LogP contribution in [0.5, 0.6) is 0 Å². The van der Waals surface area contributed by atoms with Crippen LogP contribution in [-0.2, 0) is 29.4 Å².